The predicted octanol–water partition coefficient (Wildman–Crippen LogP) is -0.0764. The van der Waals surface area contributed by atoms with E-state index in [-0.39, 0.29) is 25.0 Å². The Balaban J connectivity index is 0. The van der Waals surface area contributed by atoms with Crippen molar-refractivity contribution in [1.82, 2.24) is 0 Å². The van der Waals surface area contributed by atoms with E-state index in [4.69, 9.17) is 0 Å². The Morgan fingerprint density at radius 1 is 1.57 bits per heavy atom. The molecule has 0 fully saturated rings. The first-order chi connectivity index (χ1) is 2.50. The Hall–Kier alpha value is 0.0534. The maximum atomic E-state index is 4.65. The maximum Gasteiger partial charge on any atom is 2.00 e. The van der Waals surface area contributed by atoms with E-state index in [1.54, 1.807) is 0 Å². The zero-order valence-electron chi connectivity index (χ0n) is 3.96. The molecular formula is C3H5NO2Zn. The van der Waals surface area contributed by atoms with Crippen LogP contribution in [0, 0.1) is 0 Å². The normalized spacial score (nSPS) is 13.7. The van der Waals surface area contributed by atoms with E-state index in [0.717, 1.165) is 13.2 Å². The zero-order chi connectivity index (χ0) is 3.54. The summed E-state index contributed by atoms with van der Waals surface area (Å²) >= 11 is 0. The molecule has 0 spiro atoms. The number of hydrogen-bond acceptors (Lipinski definition) is 2. The fourth-order valence-electron chi connectivity index (χ4n) is 0.264. The van der Waals surface area contributed by atoms with Gasteiger partial charge in [-0.25, -0.2) is 0 Å². The molecule has 1 rings (SSSR count). The van der Waals surface area contributed by atoms with Crippen molar-refractivity contribution in [2.45, 2.75) is 0 Å². The molecule has 0 saturated carbocycles. The third-order valence-corrected chi connectivity index (χ3v) is 0.487. The van der Waals surface area contributed by atoms with Gasteiger partial charge in [0.05, 0.1) is 6.54 Å². The van der Waals surface area contributed by atoms with Crippen molar-refractivity contribution >= 4 is 6.40 Å². The summed E-state index contributed by atoms with van der Waals surface area (Å²) in [5, 5.41) is 0. The van der Waals surface area contributed by atoms with Gasteiger partial charge in [-0.05, 0) is 0 Å². The minimum Gasteiger partial charge on any atom is -2.00 e. The summed E-state index contributed by atoms with van der Waals surface area (Å²) < 4.78 is 4.65. The summed E-state index contributed by atoms with van der Waals surface area (Å²) in [5.74, 6) is 0. The smallest absolute Gasteiger partial charge is 2.00 e. The molecule has 4 heteroatoms. The molecule has 0 amide bonds. The van der Waals surface area contributed by atoms with Crippen LogP contribution in [0.2, 0.25) is 0 Å². The van der Waals surface area contributed by atoms with E-state index >= 15 is 0 Å². The number of ether oxygens (including phenoxy) is 1. The van der Waals surface area contributed by atoms with Gasteiger partial charge < -0.3 is 10.2 Å². The first-order valence-corrected chi connectivity index (χ1v) is 1.60. The van der Waals surface area contributed by atoms with Crippen LogP contribution in [0.15, 0.2) is 4.99 Å². The van der Waals surface area contributed by atoms with Crippen molar-refractivity contribution in [3.63, 3.8) is 0 Å². The topological polar surface area (TPSA) is 50.1 Å². The Bertz CT molecular complexity index is 50.9. The molecule has 36 valence electrons. The molecular weight excluding hydrogens is 147 g/mol. The van der Waals surface area contributed by atoms with Crippen LogP contribution in [0.4, 0.5) is 0 Å². The second-order valence-corrected chi connectivity index (χ2v) is 0.882. The van der Waals surface area contributed by atoms with E-state index in [0.29, 0.717) is 0 Å². The van der Waals surface area contributed by atoms with Crippen molar-refractivity contribution in [2.24, 2.45) is 4.99 Å². The van der Waals surface area contributed by atoms with Crippen LogP contribution in [0.1, 0.15) is 0 Å². The van der Waals surface area contributed by atoms with Gasteiger partial charge in [-0.2, -0.15) is 0 Å². The predicted molar refractivity (Wildman–Crippen MR) is 20.0 cm³/mol. The molecule has 0 aliphatic carbocycles. The monoisotopic (exact) mass is 151 g/mol. The van der Waals surface area contributed by atoms with E-state index in [1.165, 1.54) is 6.40 Å². The van der Waals surface area contributed by atoms with Crippen LogP contribution in [0.5, 0.6) is 0 Å². The summed E-state index contributed by atoms with van der Waals surface area (Å²) in [7, 11) is 0. The summed E-state index contributed by atoms with van der Waals surface area (Å²) in [6, 6.07) is 0. The molecule has 0 atom stereocenters. The van der Waals surface area contributed by atoms with Crippen LogP contribution in [-0.4, -0.2) is 19.6 Å². The van der Waals surface area contributed by atoms with Crippen LogP contribution in [-0.2, 0) is 29.7 Å². The largest absolute Gasteiger partial charge is 2.00 e. The van der Waals surface area contributed by atoms with Gasteiger partial charge in [0.15, 0.2) is 6.40 Å². The number of nitrogens with zero attached hydrogens (tertiary/aromatic N) is 1. The average Bonchev–Trinajstić information content (AvgIpc) is 1.76. The van der Waals surface area contributed by atoms with Crippen molar-refractivity contribution in [2.75, 3.05) is 13.2 Å². The third kappa shape index (κ3) is 3.89. The van der Waals surface area contributed by atoms with Crippen LogP contribution < -0.4 is 0 Å². The van der Waals surface area contributed by atoms with Gasteiger partial charge in [-0.3, -0.25) is 4.99 Å². The summed E-state index contributed by atoms with van der Waals surface area (Å²) in [5.41, 5.74) is 0. The second kappa shape index (κ2) is 6.05. The fourth-order valence-corrected chi connectivity index (χ4v) is 0.264. The number of hydrogen-bond donors (Lipinski definition) is 0. The molecule has 0 bridgehead atoms. The van der Waals surface area contributed by atoms with Gasteiger partial charge in [0, 0.05) is 0 Å². The number of rotatable bonds is 0. The Kier molecular flexibility index (Phi) is 8.75. The van der Waals surface area contributed by atoms with Gasteiger partial charge in [0.25, 0.3) is 0 Å². The van der Waals surface area contributed by atoms with Crippen molar-refractivity contribution < 1.29 is 29.7 Å². The van der Waals surface area contributed by atoms with Crippen molar-refractivity contribution in [3.8, 4) is 0 Å². The molecule has 1 aliphatic heterocycles. The molecule has 7 heavy (non-hydrogen) atoms. The van der Waals surface area contributed by atoms with Crippen LogP contribution in [0.25, 0.3) is 0 Å². The van der Waals surface area contributed by atoms with Crippen LogP contribution in [0.3, 0.4) is 0 Å². The van der Waals surface area contributed by atoms with E-state index in [9.17, 15) is 0 Å². The van der Waals surface area contributed by atoms with Gasteiger partial charge in [0.2, 0.25) is 0 Å². The first-order valence-electron chi connectivity index (χ1n) is 1.60. The van der Waals surface area contributed by atoms with Gasteiger partial charge >= 0.3 is 19.5 Å². The first kappa shape index (κ1) is 10.1. The van der Waals surface area contributed by atoms with Crippen molar-refractivity contribution in [3.05, 3.63) is 0 Å². The van der Waals surface area contributed by atoms with Crippen LogP contribution >= 0.6 is 0 Å². The standard InChI is InChI=1S/C3H5NO.O.Zn/c1-2-5-3-4-1;;/h3H,1-2H2;;/q;-2;+2. The molecule has 0 radical (unpaired) electrons. The molecule has 0 aromatic carbocycles. The molecule has 3 nitrogen and oxygen atoms in total. The minimum atomic E-state index is 0. The number of aliphatic imine (C=N–C) groups is 1. The van der Waals surface area contributed by atoms with Gasteiger partial charge in [-0.1, -0.05) is 0 Å². The Labute approximate surface area is 54.8 Å². The average molecular weight is 152 g/mol. The quantitative estimate of drug-likeness (QED) is 0.448. The minimum absolute atomic E-state index is 0. The van der Waals surface area contributed by atoms with Gasteiger partial charge in [-0.15, -0.1) is 0 Å². The second-order valence-electron chi connectivity index (χ2n) is 0.882. The molecule has 0 aromatic heterocycles. The Morgan fingerprint density at radius 2 is 2.29 bits per heavy atom. The van der Waals surface area contributed by atoms with E-state index in [1.807, 2.05) is 0 Å². The van der Waals surface area contributed by atoms with Crippen molar-refractivity contribution in [1.29, 1.82) is 0 Å². The molecule has 0 saturated heterocycles. The van der Waals surface area contributed by atoms with E-state index in [2.05, 4.69) is 9.73 Å². The molecule has 0 unspecified atom stereocenters. The van der Waals surface area contributed by atoms with Gasteiger partial charge in [0.1, 0.15) is 6.61 Å². The third-order valence-electron chi connectivity index (χ3n) is 0.487. The Morgan fingerprint density at radius 3 is 2.43 bits per heavy atom. The molecule has 0 aromatic rings. The molecule has 1 aliphatic rings. The summed E-state index contributed by atoms with van der Waals surface area (Å²) in [6.07, 6.45) is 1.49. The molecule has 0 N–H and O–H groups in total. The van der Waals surface area contributed by atoms with E-state index < -0.39 is 0 Å². The molecule has 1 heterocycles. The fraction of sp³-hybridized carbons (Fsp3) is 0.667. The summed E-state index contributed by atoms with van der Waals surface area (Å²) in [6.45, 7) is 1.62. The maximum absolute atomic E-state index is 4.65. The zero-order valence-corrected chi connectivity index (χ0v) is 6.93. The summed E-state index contributed by atoms with van der Waals surface area (Å²) in [4.78, 5) is 3.74. The SMILES string of the molecule is C1=NCCO1.[O-2].[Zn+2].